The molecule has 2 rings (SSSR count). The van der Waals surface area contributed by atoms with Gasteiger partial charge in [-0.05, 0) is 67.9 Å². The summed E-state index contributed by atoms with van der Waals surface area (Å²) in [6.45, 7) is 10.7. The Labute approximate surface area is 182 Å². The number of para-hydroxylation sites is 1. The van der Waals surface area contributed by atoms with E-state index in [-0.39, 0.29) is 18.0 Å². The topological polar surface area (TPSA) is 35.5 Å². The van der Waals surface area contributed by atoms with Gasteiger partial charge in [-0.3, -0.25) is 4.79 Å². The highest BCUT2D eigenvalue weighted by molar-refractivity contribution is 5.98. The Morgan fingerprint density at radius 1 is 0.800 bits per heavy atom. The molecule has 0 aliphatic rings. The number of benzene rings is 2. The minimum Gasteiger partial charge on any atom is -0.490 e. The molecule has 0 spiro atoms. The number of Topliss-reactive ketones (excluding diaryl/α,β-unsaturated/α-hetero) is 1. The summed E-state index contributed by atoms with van der Waals surface area (Å²) in [6, 6.07) is 14.0. The van der Waals surface area contributed by atoms with E-state index in [1.54, 1.807) is 0 Å². The molecule has 0 aromatic heterocycles. The fourth-order valence-electron chi connectivity index (χ4n) is 3.62. The van der Waals surface area contributed by atoms with Gasteiger partial charge in [0.05, 0.1) is 17.8 Å². The molecule has 0 atom stereocenters. The molecule has 2 aromatic rings. The highest BCUT2D eigenvalue weighted by atomic mass is 16.5. The van der Waals surface area contributed by atoms with Gasteiger partial charge in [-0.25, -0.2) is 0 Å². The quantitative estimate of drug-likeness (QED) is 0.328. The first-order valence-corrected chi connectivity index (χ1v) is 11.6. The molecule has 0 N–H and O–H groups in total. The van der Waals surface area contributed by atoms with Gasteiger partial charge in [0.25, 0.3) is 0 Å². The first-order chi connectivity index (χ1) is 14.6. The molecule has 164 valence electrons. The fraction of sp³-hybridized carbons (Fsp3) is 0.519. The van der Waals surface area contributed by atoms with Gasteiger partial charge in [0.15, 0.2) is 5.78 Å². The second-order valence-corrected chi connectivity index (χ2v) is 7.83. The van der Waals surface area contributed by atoms with Crippen molar-refractivity contribution in [2.75, 3.05) is 0 Å². The summed E-state index contributed by atoms with van der Waals surface area (Å²) in [5, 5.41) is 0. The molecule has 0 aliphatic heterocycles. The van der Waals surface area contributed by atoms with E-state index in [4.69, 9.17) is 9.47 Å². The van der Waals surface area contributed by atoms with Gasteiger partial charge in [0.1, 0.15) is 11.5 Å². The van der Waals surface area contributed by atoms with Crippen LogP contribution in [0.5, 0.6) is 11.5 Å². The van der Waals surface area contributed by atoms with E-state index < -0.39 is 0 Å². The smallest absolute Gasteiger partial charge is 0.166 e. The standard InChI is InChI=1S/C27H38O3/c1-6-20-15-18-26(29-22(7-2)8-3)21(19-20)16-17-25(28)24-13-11-12-14-27(24)30-23(9-4)10-5/h11-15,18-19,22-23H,6-10,16-17H2,1-5H3. The average molecular weight is 411 g/mol. The number of rotatable bonds is 13. The second-order valence-electron chi connectivity index (χ2n) is 7.83. The average Bonchev–Trinajstić information content (AvgIpc) is 2.79. The van der Waals surface area contributed by atoms with Gasteiger partial charge < -0.3 is 9.47 Å². The minimum atomic E-state index is 0.118. The maximum atomic E-state index is 13.1. The molecule has 3 heteroatoms. The molecule has 0 heterocycles. The van der Waals surface area contributed by atoms with E-state index in [1.807, 2.05) is 24.3 Å². The van der Waals surface area contributed by atoms with Gasteiger partial charge in [-0.2, -0.15) is 0 Å². The Morgan fingerprint density at radius 3 is 2.00 bits per heavy atom. The lowest BCUT2D eigenvalue weighted by Gasteiger charge is -2.20. The first-order valence-electron chi connectivity index (χ1n) is 11.6. The minimum absolute atomic E-state index is 0.118. The number of aryl methyl sites for hydroxylation is 2. The van der Waals surface area contributed by atoms with Gasteiger partial charge in [-0.1, -0.05) is 58.9 Å². The van der Waals surface area contributed by atoms with Crippen LogP contribution in [0.25, 0.3) is 0 Å². The zero-order valence-corrected chi connectivity index (χ0v) is 19.4. The number of carbonyl (C=O) groups excluding carboxylic acids is 1. The van der Waals surface area contributed by atoms with Crippen molar-refractivity contribution in [1.82, 2.24) is 0 Å². The zero-order chi connectivity index (χ0) is 21.9. The molecule has 0 saturated carbocycles. The van der Waals surface area contributed by atoms with E-state index in [0.717, 1.165) is 43.4 Å². The number of ether oxygens (including phenoxy) is 2. The molecular formula is C27H38O3. The van der Waals surface area contributed by atoms with Crippen molar-refractivity contribution in [2.45, 2.75) is 91.8 Å². The molecular weight excluding hydrogens is 372 g/mol. The van der Waals surface area contributed by atoms with Crippen LogP contribution in [0.1, 0.15) is 88.2 Å². The maximum absolute atomic E-state index is 13.1. The van der Waals surface area contributed by atoms with E-state index in [2.05, 4.69) is 52.8 Å². The van der Waals surface area contributed by atoms with Gasteiger partial charge in [-0.15, -0.1) is 0 Å². The normalized spacial score (nSPS) is 11.2. The van der Waals surface area contributed by atoms with E-state index >= 15 is 0 Å². The fourth-order valence-corrected chi connectivity index (χ4v) is 3.62. The first kappa shape index (κ1) is 24.0. The number of carbonyl (C=O) groups is 1. The molecule has 0 fully saturated rings. The van der Waals surface area contributed by atoms with Crippen LogP contribution in [0.2, 0.25) is 0 Å². The number of ketones is 1. The predicted octanol–water partition coefficient (Wildman–Crippen LogP) is 7.20. The van der Waals surface area contributed by atoms with Crippen LogP contribution in [0.3, 0.4) is 0 Å². The molecule has 0 saturated heterocycles. The van der Waals surface area contributed by atoms with Gasteiger partial charge >= 0.3 is 0 Å². The van der Waals surface area contributed by atoms with Crippen molar-refractivity contribution >= 4 is 5.78 Å². The van der Waals surface area contributed by atoms with E-state index in [9.17, 15) is 4.79 Å². The van der Waals surface area contributed by atoms with Gasteiger partial charge in [0, 0.05) is 6.42 Å². The highest BCUT2D eigenvalue weighted by Crippen LogP contribution is 2.27. The molecule has 0 aliphatic carbocycles. The largest absolute Gasteiger partial charge is 0.490 e. The summed E-state index contributed by atoms with van der Waals surface area (Å²) in [5.74, 6) is 1.73. The third kappa shape index (κ3) is 6.62. The molecule has 0 amide bonds. The Balaban J connectivity index is 2.18. The number of hydrogen-bond acceptors (Lipinski definition) is 3. The third-order valence-electron chi connectivity index (χ3n) is 5.75. The molecule has 0 unspecified atom stereocenters. The Morgan fingerprint density at radius 2 is 1.40 bits per heavy atom. The zero-order valence-electron chi connectivity index (χ0n) is 19.4. The Hall–Kier alpha value is -2.29. The summed E-state index contributed by atoms with van der Waals surface area (Å²) in [7, 11) is 0. The SMILES string of the molecule is CCc1ccc(OC(CC)CC)c(CCC(=O)c2ccccc2OC(CC)CC)c1. The highest BCUT2D eigenvalue weighted by Gasteiger charge is 2.17. The lowest BCUT2D eigenvalue weighted by Crippen LogP contribution is -2.16. The summed E-state index contributed by atoms with van der Waals surface area (Å²) in [6.07, 6.45) is 6.24. The van der Waals surface area contributed by atoms with Crippen LogP contribution in [-0.4, -0.2) is 18.0 Å². The van der Waals surface area contributed by atoms with Crippen molar-refractivity contribution in [3.05, 3.63) is 59.2 Å². The summed E-state index contributed by atoms with van der Waals surface area (Å²) in [4.78, 5) is 13.1. The van der Waals surface area contributed by atoms with E-state index in [1.165, 1.54) is 5.56 Å². The molecule has 30 heavy (non-hydrogen) atoms. The lowest BCUT2D eigenvalue weighted by atomic mass is 9.99. The van der Waals surface area contributed by atoms with E-state index in [0.29, 0.717) is 24.2 Å². The molecule has 2 aromatic carbocycles. The lowest BCUT2D eigenvalue weighted by molar-refractivity contribution is 0.0974. The van der Waals surface area contributed by atoms with Crippen LogP contribution < -0.4 is 9.47 Å². The van der Waals surface area contributed by atoms with Crippen molar-refractivity contribution in [3.63, 3.8) is 0 Å². The van der Waals surface area contributed by atoms with Crippen molar-refractivity contribution in [3.8, 4) is 11.5 Å². The van der Waals surface area contributed by atoms with Crippen LogP contribution >= 0.6 is 0 Å². The predicted molar refractivity (Wildman–Crippen MR) is 125 cm³/mol. The van der Waals surface area contributed by atoms with Crippen molar-refractivity contribution in [2.24, 2.45) is 0 Å². The summed E-state index contributed by atoms with van der Waals surface area (Å²) >= 11 is 0. The Bertz CT molecular complexity index is 788. The maximum Gasteiger partial charge on any atom is 0.166 e. The molecule has 0 radical (unpaired) electrons. The third-order valence-corrected chi connectivity index (χ3v) is 5.75. The Kier molecular flexibility index (Phi) is 9.93. The van der Waals surface area contributed by atoms with Crippen LogP contribution in [0.15, 0.2) is 42.5 Å². The van der Waals surface area contributed by atoms with Crippen molar-refractivity contribution in [1.29, 1.82) is 0 Å². The molecule has 0 bridgehead atoms. The molecule has 3 nitrogen and oxygen atoms in total. The summed E-state index contributed by atoms with van der Waals surface area (Å²) in [5.41, 5.74) is 3.07. The van der Waals surface area contributed by atoms with Gasteiger partial charge in [0.2, 0.25) is 0 Å². The number of hydrogen-bond donors (Lipinski definition) is 0. The monoisotopic (exact) mass is 410 g/mol. The summed E-state index contributed by atoms with van der Waals surface area (Å²) < 4.78 is 12.4. The second kappa shape index (κ2) is 12.4. The van der Waals surface area contributed by atoms with Crippen LogP contribution in [0.4, 0.5) is 0 Å². The van der Waals surface area contributed by atoms with Crippen LogP contribution in [-0.2, 0) is 12.8 Å². The van der Waals surface area contributed by atoms with Crippen molar-refractivity contribution < 1.29 is 14.3 Å². The van der Waals surface area contributed by atoms with Crippen LogP contribution in [0, 0.1) is 0 Å².